The second-order valence-corrected chi connectivity index (χ2v) is 6.56. The molecule has 154 valence electrons. The number of aliphatic carboxylic acids is 1. The van der Waals surface area contributed by atoms with E-state index in [2.05, 4.69) is 10.6 Å². The van der Waals surface area contributed by atoms with E-state index < -0.39 is 18.1 Å². The zero-order valence-corrected chi connectivity index (χ0v) is 16.6. The van der Waals surface area contributed by atoms with Crippen molar-refractivity contribution < 1.29 is 24.2 Å². The van der Waals surface area contributed by atoms with E-state index in [0.29, 0.717) is 23.5 Å². The van der Waals surface area contributed by atoms with Gasteiger partial charge in [-0.2, -0.15) is 0 Å². The maximum absolute atomic E-state index is 12.7. The molecular weight excluding hydrogens is 372 g/mol. The first-order valence-electron chi connectivity index (χ1n) is 9.45. The molecule has 0 fully saturated rings. The number of amides is 2. The lowest BCUT2D eigenvalue weighted by atomic mass is 10.00. The number of carboxylic acids is 1. The molecule has 7 nitrogen and oxygen atoms in total. The number of carbonyl (C=O) groups excluding carboxylic acids is 2. The molecule has 0 heterocycles. The highest BCUT2D eigenvalue weighted by molar-refractivity contribution is 5.80. The zero-order valence-electron chi connectivity index (χ0n) is 16.6. The summed E-state index contributed by atoms with van der Waals surface area (Å²) in [5, 5.41) is 14.8. The second-order valence-electron chi connectivity index (χ2n) is 6.56. The molecule has 2 aromatic carbocycles. The predicted molar refractivity (Wildman–Crippen MR) is 108 cm³/mol. The van der Waals surface area contributed by atoms with E-state index >= 15 is 0 Å². The molecule has 3 N–H and O–H groups in total. The Kier molecular flexibility index (Phi) is 8.21. The minimum Gasteiger partial charge on any atom is -0.494 e. The van der Waals surface area contributed by atoms with Crippen molar-refractivity contribution in [3.8, 4) is 5.75 Å². The lowest BCUT2D eigenvalue weighted by Gasteiger charge is -2.23. The molecule has 7 heteroatoms. The SMILES string of the molecule is CCOc1ccccc1C(CC(=O)NC(CC(=O)O)c1ccccc1)NC(C)=O. The van der Waals surface area contributed by atoms with Gasteiger partial charge in [-0.25, -0.2) is 0 Å². The number of para-hydroxylation sites is 1. The van der Waals surface area contributed by atoms with Crippen LogP contribution in [0.15, 0.2) is 54.6 Å². The first-order chi connectivity index (χ1) is 13.9. The summed E-state index contributed by atoms with van der Waals surface area (Å²) in [4.78, 5) is 35.7. The Hall–Kier alpha value is -3.35. The number of benzene rings is 2. The van der Waals surface area contributed by atoms with Crippen molar-refractivity contribution >= 4 is 17.8 Å². The van der Waals surface area contributed by atoms with Gasteiger partial charge in [0.1, 0.15) is 5.75 Å². The van der Waals surface area contributed by atoms with E-state index in [1.54, 1.807) is 36.4 Å². The molecule has 0 bridgehead atoms. The monoisotopic (exact) mass is 398 g/mol. The van der Waals surface area contributed by atoms with Crippen LogP contribution >= 0.6 is 0 Å². The van der Waals surface area contributed by atoms with E-state index in [4.69, 9.17) is 4.74 Å². The van der Waals surface area contributed by atoms with Crippen molar-refractivity contribution in [3.05, 3.63) is 65.7 Å². The highest BCUT2D eigenvalue weighted by Crippen LogP contribution is 2.28. The van der Waals surface area contributed by atoms with E-state index in [0.717, 1.165) is 0 Å². The molecule has 2 rings (SSSR count). The number of hydrogen-bond acceptors (Lipinski definition) is 4. The molecule has 2 amide bonds. The molecule has 2 aromatic rings. The molecule has 2 atom stereocenters. The maximum atomic E-state index is 12.7. The summed E-state index contributed by atoms with van der Waals surface area (Å²) >= 11 is 0. The quantitative estimate of drug-likeness (QED) is 0.571. The maximum Gasteiger partial charge on any atom is 0.305 e. The fourth-order valence-electron chi connectivity index (χ4n) is 3.09. The van der Waals surface area contributed by atoms with Crippen LogP contribution in [0.2, 0.25) is 0 Å². The summed E-state index contributed by atoms with van der Waals surface area (Å²) in [5.41, 5.74) is 1.39. The average molecular weight is 398 g/mol. The predicted octanol–water partition coefficient (Wildman–Crippen LogP) is 2.98. The lowest BCUT2D eigenvalue weighted by Crippen LogP contribution is -2.35. The van der Waals surface area contributed by atoms with Crippen LogP contribution in [0.1, 0.15) is 49.9 Å². The third kappa shape index (κ3) is 6.95. The summed E-state index contributed by atoms with van der Waals surface area (Å²) in [6.45, 7) is 3.68. The number of hydrogen-bond donors (Lipinski definition) is 3. The Balaban J connectivity index is 2.20. The van der Waals surface area contributed by atoms with Crippen LogP contribution in [0.4, 0.5) is 0 Å². The van der Waals surface area contributed by atoms with E-state index in [1.165, 1.54) is 6.92 Å². The van der Waals surface area contributed by atoms with Gasteiger partial charge in [-0.15, -0.1) is 0 Å². The van der Waals surface area contributed by atoms with Crippen molar-refractivity contribution in [3.63, 3.8) is 0 Å². The van der Waals surface area contributed by atoms with Crippen LogP contribution in [-0.2, 0) is 14.4 Å². The van der Waals surface area contributed by atoms with Gasteiger partial charge in [-0.3, -0.25) is 14.4 Å². The fourth-order valence-corrected chi connectivity index (χ4v) is 3.09. The smallest absolute Gasteiger partial charge is 0.305 e. The molecule has 0 saturated carbocycles. The number of ether oxygens (including phenoxy) is 1. The highest BCUT2D eigenvalue weighted by Gasteiger charge is 2.23. The molecule has 0 aromatic heterocycles. The first kappa shape index (κ1) is 21.9. The average Bonchev–Trinajstić information content (AvgIpc) is 2.67. The molecule has 0 aliphatic heterocycles. The molecular formula is C22H26N2O5. The van der Waals surface area contributed by atoms with Crippen LogP contribution in [-0.4, -0.2) is 29.5 Å². The fraction of sp³-hybridized carbons (Fsp3) is 0.318. The minimum atomic E-state index is -1.01. The number of carbonyl (C=O) groups is 3. The van der Waals surface area contributed by atoms with Crippen LogP contribution in [0.3, 0.4) is 0 Å². The van der Waals surface area contributed by atoms with Gasteiger partial charge in [0.15, 0.2) is 0 Å². The molecule has 0 aliphatic carbocycles. The van der Waals surface area contributed by atoms with Crippen molar-refractivity contribution in [2.75, 3.05) is 6.61 Å². The Morgan fingerprint density at radius 1 is 0.931 bits per heavy atom. The van der Waals surface area contributed by atoms with Crippen LogP contribution in [0.5, 0.6) is 5.75 Å². The topological polar surface area (TPSA) is 105 Å². The molecule has 0 aliphatic rings. The van der Waals surface area contributed by atoms with Crippen LogP contribution in [0, 0.1) is 0 Å². The van der Waals surface area contributed by atoms with Crippen molar-refractivity contribution in [1.82, 2.24) is 10.6 Å². The summed E-state index contributed by atoms with van der Waals surface area (Å²) in [6, 6.07) is 14.9. The third-order valence-electron chi connectivity index (χ3n) is 4.28. The van der Waals surface area contributed by atoms with Gasteiger partial charge in [-0.1, -0.05) is 48.5 Å². The third-order valence-corrected chi connectivity index (χ3v) is 4.28. The standard InChI is InChI=1S/C22H26N2O5/c1-3-29-20-12-8-7-11-17(20)19(23-15(2)25)13-21(26)24-18(14-22(27)28)16-9-5-4-6-10-16/h4-12,18-19H,3,13-14H2,1-2H3,(H,23,25)(H,24,26)(H,27,28). The molecule has 0 spiro atoms. The zero-order chi connectivity index (χ0) is 21.2. The van der Waals surface area contributed by atoms with Crippen LogP contribution in [0.25, 0.3) is 0 Å². The normalized spacial score (nSPS) is 12.5. The number of rotatable bonds is 10. The largest absolute Gasteiger partial charge is 0.494 e. The van der Waals surface area contributed by atoms with Crippen LogP contribution < -0.4 is 15.4 Å². The lowest BCUT2D eigenvalue weighted by molar-refractivity contribution is -0.137. The summed E-state index contributed by atoms with van der Waals surface area (Å²) in [7, 11) is 0. The summed E-state index contributed by atoms with van der Waals surface area (Å²) in [6.07, 6.45) is -0.289. The van der Waals surface area contributed by atoms with E-state index in [-0.39, 0.29) is 24.7 Å². The highest BCUT2D eigenvalue weighted by atomic mass is 16.5. The second kappa shape index (κ2) is 10.8. The molecule has 0 radical (unpaired) electrons. The Morgan fingerprint density at radius 2 is 1.59 bits per heavy atom. The molecule has 29 heavy (non-hydrogen) atoms. The molecule has 2 unspecified atom stereocenters. The summed E-state index contributed by atoms with van der Waals surface area (Å²) < 4.78 is 5.62. The van der Waals surface area contributed by atoms with E-state index in [9.17, 15) is 19.5 Å². The number of nitrogens with one attached hydrogen (secondary N) is 2. The van der Waals surface area contributed by atoms with Gasteiger partial charge in [0.25, 0.3) is 0 Å². The minimum absolute atomic E-state index is 0.0490. The van der Waals surface area contributed by atoms with Gasteiger partial charge >= 0.3 is 5.97 Å². The van der Waals surface area contributed by atoms with Crippen molar-refractivity contribution in [1.29, 1.82) is 0 Å². The Morgan fingerprint density at radius 3 is 2.21 bits per heavy atom. The molecule has 0 saturated heterocycles. The van der Waals surface area contributed by atoms with E-state index in [1.807, 2.05) is 25.1 Å². The van der Waals surface area contributed by atoms with Crippen molar-refractivity contribution in [2.45, 2.75) is 38.8 Å². The van der Waals surface area contributed by atoms with Gasteiger partial charge < -0.3 is 20.5 Å². The Labute approximate surface area is 170 Å². The van der Waals surface area contributed by atoms with Crippen molar-refractivity contribution in [2.24, 2.45) is 0 Å². The first-order valence-corrected chi connectivity index (χ1v) is 9.45. The van der Waals surface area contributed by atoms with Gasteiger partial charge in [0.05, 0.1) is 31.5 Å². The number of carboxylic acid groups (broad SMARTS) is 1. The summed E-state index contributed by atoms with van der Waals surface area (Å²) in [5.74, 6) is -1.07. The van der Waals surface area contributed by atoms with Gasteiger partial charge in [0, 0.05) is 12.5 Å². The van der Waals surface area contributed by atoms with Gasteiger partial charge in [0.2, 0.25) is 11.8 Å². The van der Waals surface area contributed by atoms with Gasteiger partial charge in [-0.05, 0) is 18.6 Å². The Bertz CT molecular complexity index is 838.